The minimum Gasteiger partial charge on any atom is -0.465 e. The van der Waals surface area contributed by atoms with Crippen LogP contribution < -0.4 is 5.32 Å². The quantitative estimate of drug-likeness (QED) is 0.570. The number of benzene rings is 1. The molecule has 0 aliphatic carbocycles. The van der Waals surface area contributed by atoms with Gasteiger partial charge in [0.2, 0.25) is 0 Å². The van der Waals surface area contributed by atoms with Gasteiger partial charge in [0, 0.05) is 18.6 Å². The highest BCUT2D eigenvalue weighted by atomic mass is 19.2. The minimum absolute atomic E-state index is 0.183. The van der Waals surface area contributed by atoms with Crippen molar-refractivity contribution in [2.75, 3.05) is 18.9 Å². The van der Waals surface area contributed by atoms with E-state index < -0.39 is 41.5 Å². The van der Waals surface area contributed by atoms with Gasteiger partial charge >= 0.3 is 18.0 Å². The first-order valence-corrected chi connectivity index (χ1v) is 7.88. The van der Waals surface area contributed by atoms with Crippen LogP contribution in [0.2, 0.25) is 0 Å². The number of halogens is 2. The number of esters is 2. The number of hydrogen-bond acceptors (Lipinski definition) is 6. The number of likely N-dealkylation sites (N-methyl/N-ethyl adjacent to an activating group) is 1. The largest absolute Gasteiger partial charge is 0.465 e. The van der Waals surface area contributed by atoms with Crippen molar-refractivity contribution in [3.05, 3.63) is 29.3 Å². The third-order valence-electron chi connectivity index (χ3n) is 3.08. The summed E-state index contributed by atoms with van der Waals surface area (Å²) >= 11 is 0. The molecule has 1 rings (SSSR count). The molecule has 0 spiro atoms. The van der Waals surface area contributed by atoms with Gasteiger partial charge in [-0.25, -0.2) is 13.6 Å². The lowest BCUT2D eigenvalue weighted by molar-refractivity contribution is -0.166. The van der Waals surface area contributed by atoms with Gasteiger partial charge in [0.15, 0.2) is 17.9 Å². The topological polar surface area (TPSA) is 105 Å². The molecule has 0 radical (unpaired) electrons. The Morgan fingerprint density at radius 2 is 1.78 bits per heavy atom. The maximum atomic E-state index is 13.7. The Kier molecular flexibility index (Phi) is 7.23. The fourth-order valence-electron chi connectivity index (χ4n) is 2.20. The van der Waals surface area contributed by atoms with Crippen LogP contribution in [0.5, 0.6) is 0 Å². The van der Waals surface area contributed by atoms with E-state index in [-0.39, 0.29) is 17.8 Å². The van der Waals surface area contributed by atoms with E-state index in [9.17, 15) is 23.2 Å². The SMILES string of the molecule is CC(=O)OC(c1cc(F)c(F)cc1NC(=O)O)N(C)CC(=O)OC(C)(C)C. The summed E-state index contributed by atoms with van der Waals surface area (Å²) in [5, 5.41) is 10.8. The highest BCUT2D eigenvalue weighted by Gasteiger charge is 2.28. The molecule has 1 aromatic carbocycles. The summed E-state index contributed by atoms with van der Waals surface area (Å²) in [4.78, 5) is 35.6. The van der Waals surface area contributed by atoms with Gasteiger partial charge in [0.05, 0.1) is 12.2 Å². The Balaban J connectivity index is 3.26. The molecular formula is C17H22F2N2O6. The summed E-state index contributed by atoms with van der Waals surface area (Å²) in [6.07, 6.45) is -2.90. The molecule has 0 aromatic heterocycles. The molecule has 2 N–H and O–H groups in total. The number of nitrogens with one attached hydrogen (secondary N) is 1. The molecule has 1 amide bonds. The average Bonchev–Trinajstić information content (AvgIpc) is 2.45. The average molecular weight is 388 g/mol. The van der Waals surface area contributed by atoms with Crippen LogP contribution in [0.15, 0.2) is 12.1 Å². The lowest BCUT2D eigenvalue weighted by Gasteiger charge is -2.29. The van der Waals surface area contributed by atoms with Gasteiger partial charge in [-0.05, 0) is 33.9 Å². The van der Waals surface area contributed by atoms with Crippen molar-refractivity contribution in [2.24, 2.45) is 0 Å². The molecule has 27 heavy (non-hydrogen) atoms. The zero-order chi connectivity index (χ0) is 20.9. The second-order valence-corrected chi connectivity index (χ2v) is 6.75. The first kappa shape index (κ1) is 22.3. The first-order chi connectivity index (χ1) is 12.3. The second kappa shape index (κ2) is 8.76. The second-order valence-electron chi connectivity index (χ2n) is 6.75. The molecule has 0 fully saturated rings. The number of anilines is 1. The predicted molar refractivity (Wildman–Crippen MR) is 91.0 cm³/mol. The fourth-order valence-corrected chi connectivity index (χ4v) is 2.20. The molecule has 0 saturated heterocycles. The van der Waals surface area contributed by atoms with Crippen molar-refractivity contribution >= 4 is 23.7 Å². The Morgan fingerprint density at radius 1 is 1.22 bits per heavy atom. The maximum absolute atomic E-state index is 13.7. The predicted octanol–water partition coefficient (Wildman–Crippen LogP) is 2.89. The molecule has 0 saturated carbocycles. The van der Waals surface area contributed by atoms with E-state index in [1.54, 1.807) is 20.8 Å². The van der Waals surface area contributed by atoms with E-state index in [0.717, 1.165) is 6.92 Å². The van der Waals surface area contributed by atoms with Crippen molar-refractivity contribution in [2.45, 2.75) is 39.5 Å². The van der Waals surface area contributed by atoms with Gasteiger partial charge < -0.3 is 14.6 Å². The van der Waals surface area contributed by atoms with Crippen LogP contribution in [0.25, 0.3) is 0 Å². The molecule has 10 heteroatoms. The lowest BCUT2D eigenvalue weighted by atomic mass is 10.1. The van der Waals surface area contributed by atoms with Crippen LogP contribution in [0.3, 0.4) is 0 Å². The molecule has 1 unspecified atom stereocenters. The molecule has 0 bridgehead atoms. The number of hydrogen-bond donors (Lipinski definition) is 2. The van der Waals surface area contributed by atoms with Crippen LogP contribution in [0, 0.1) is 11.6 Å². The van der Waals surface area contributed by atoms with E-state index in [2.05, 4.69) is 0 Å². The van der Waals surface area contributed by atoms with Crippen molar-refractivity contribution in [1.82, 2.24) is 4.90 Å². The maximum Gasteiger partial charge on any atom is 0.409 e. The summed E-state index contributed by atoms with van der Waals surface area (Å²) in [7, 11) is 1.38. The van der Waals surface area contributed by atoms with Crippen molar-refractivity contribution < 1.29 is 37.7 Å². The van der Waals surface area contributed by atoms with Crippen LogP contribution in [0.1, 0.15) is 39.5 Å². The van der Waals surface area contributed by atoms with Gasteiger partial charge in [-0.1, -0.05) is 0 Å². The van der Waals surface area contributed by atoms with Crippen LogP contribution >= 0.6 is 0 Å². The Labute approximate surface area is 155 Å². The van der Waals surface area contributed by atoms with Gasteiger partial charge in [-0.3, -0.25) is 19.8 Å². The Hall–Kier alpha value is -2.75. The van der Waals surface area contributed by atoms with Gasteiger partial charge in [0.1, 0.15) is 5.60 Å². The van der Waals surface area contributed by atoms with Gasteiger partial charge in [-0.2, -0.15) is 0 Å². The molecular weight excluding hydrogens is 366 g/mol. The summed E-state index contributed by atoms with van der Waals surface area (Å²) in [6.45, 7) is 5.72. The number of amides is 1. The molecule has 1 atom stereocenters. The summed E-state index contributed by atoms with van der Waals surface area (Å²) < 4.78 is 37.5. The monoisotopic (exact) mass is 388 g/mol. The standard InChI is InChI=1S/C17H22F2N2O6/c1-9(22)26-15(21(5)8-14(23)27-17(2,3)4)10-6-11(18)12(19)7-13(10)20-16(24)25/h6-7,15,20H,8H2,1-5H3,(H,24,25). The van der Waals surface area contributed by atoms with E-state index in [4.69, 9.17) is 14.6 Å². The number of ether oxygens (including phenoxy) is 2. The molecule has 1 aromatic rings. The van der Waals surface area contributed by atoms with Crippen LogP contribution in [0.4, 0.5) is 19.3 Å². The summed E-state index contributed by atoms with van der Waals surface area (Å²) in [6, 6.07) is 1.32. The highest BCUT2D eigenvalue weighted by Crippen LogP contribution is 2.30. The van der Waals surface area contributed by atoms with E-state index in [0.29, 0.717) is 12.1 Å². The fraction of sp³-hybridized carbons (Fsp3) is 0.471. The van der Waals surface area contributed by atoms with Gasteiger partial charge in [0.25, 0.3) is 0 Å². The lowest BCUT2D eigenvalue weighted by Crippen LogP contribution is -2.36. The summed E-state index contributed by atoms with van der Waals surface area (Å²) in [5.41, 5.74) is -1.27. The van der Waals surface area contributed by atoms with E-state index >= 15 is 0 Å². The van der Waals surface area contributed by atoms with Crippen molar-refractivity contribution in [1.29, 1.82) is 0 Å². The van der Waals surface area contributed by atoms with Crippen LogP contribution in [-0.2, 0) is 19.1 Å². The van der Waals surface area contributed by atoms with Crippen LogP contribution in [-0.4, -0.2) is 47.2 Å². The van der Waals surface area contributed by atoms with Crippen molar-refractivity contribution in [3.8, 4) is 0 Å². The molecule has 8 nitrogen and oxygen atoms in total. The summed E-state index contributed by atoms with van der Waals surface area (Å²) in [5.74, 6) is -4.00. The Bertz CT molecular complexity index is 733. The number of carbonyl (C=O) groups excluding carboxylic acids is 2. The third-order valence-corrected chi connectivity index (χ3v) is 3.08. The number of carboxylic acid groups (broad SMARTS) is 1. The number of nitrogens with zero attached hydrogens (tertiary/aromatic N) is 1. The normalized spacial score (nSPS) is 12.4. The number of carbonyl (C=O) groups is 3. The molecule has 0 aliphatic heterocycles. The molecule has 0 heterocycles. The van der Waals surface area contributed by atoms with E-state index in [1.165, 1.54) is 11.9 Å². The minimum atomic E-state index is -1.53. The number of rotatable bonds is 6. The smallest absolute Gasteiger partial charge is 0.409 e. The molecule has 0 aliphatic rings. The third kappa shape index (κ3) is 7.18. The zero-order valence-corrected chi connectivity index (χ0v) is 15.6. The van der Waals surface area contributed by atoms with Crippen molar-refractivity contribution in [3.63, 3.8) is 0 Å². The first-order valence-electron chi connectivity index (χ1n) is 7.88. The highest BCUT2D eigenvalue weighted by molar-refractivity contribution is 5.84. The van der Waals surface area contributed by atoms with E-state index in [1.807, 2.05) is 5.32 Å². The molecule has 150 valence electrons. The zero-order valence-electron chi connectivity index (χ0n) is 15.6. The Morgan fingerprint density at radius 3 is 2.26 bits per heavy atom. The van der Waals surface area contributed by atoms with Gasteiger partial charge in [-0.15, -0.1) is 0 Å².